The average molecular weight is 303 g/mol. The summed E-state index contributed by atoms with van der Waals surface area (Å²) < 4.78 is 1.36. The normalized spacial score (nSPS) is 12.7. The topological polar surface area (TPSA) is 71.7 Å². The summed E-state index contributed by atoms with van der Waals surface area (Å²) in [6.45, 7) is 1.58. The van der Waals surface area contributed by atoms with E-state index in [2.05, 4.69) is 4.98 Å². The maximum atomic E-state index is 12.5. The molecule has 21 heavy (non-hydrogen) atoms. The number of rotatable bonds is 2. The third-order valence-electron chi connectivity index (χ3n) is 3.47. The number of aliphatic carboxylic acids is 1. The van der Waals surface area contributed by atoms with Gasteiger partial charge >= 0.3 is 5.97 Å². The highest BCUT2D eigenvalue weighted by molar-refractivity contribution is 6.30. The molecule has 0 saturated heterocycles. The van der Waals surface area contributed by atoms with Gasteiger partial charge < -0.3 is 5.11 Å². The zero-order valence-electron chi connectivity index (χ0n) is 11.1. The Balaban J connectivity index is 2.34. The quantitative estimate of drug-likeness (QED) is 0.739. The van der Waals surface area contributed by atoms with E-state index < -0.39 is 11.9 Å². The smallest absolute Gasteiger partial charge is 0.310 e. The largest absolute Gasteiger partial charge is 0.481 e. The van der Waals surface area contributed by atoms with Crippen molar-refractivity contribution in [2.45, 2.75) is 12.8 Å². The Hall–Kier alpha value is -2.40. The van der Waals surface area contributed by atoms with Gasteiger partial charge in [0, 0.05) is 6.20 Å². The molecule has 1 N–H and O–H groups in total. The Bertz CT molecular complexity index is 933. The van der Waals surface area contributed by atoms with E-state index in [1.807, 2.05) is 0 Å². The van der Waals surface area contributed by atoms with Crippen molar-refractivity contribution >= 4 is 34.1 Å². The number of halogens is 1. The van der Waals surface area contributed by atoms with Crippen LogP contribution in [0.1, 0.15) is 18.4 Å². The van der Waals surface area contributed by atoms with E-state index in [1.165, 1.54) is 10.6 Å². The zero-order chi connectivity index (χ0) is 15.1. The van der Waals surface area contributed by atoms with Crippen LogP contribution in [-0.4, -0.2) is 20.5 Å². The molecule has 1 atom stereocenters. The highest BCUT2D eigenvalue weighted by Crippen LogP contribution is 2.20. The lowest BCUT2D eigenvalue weighted by molar-refractivity contribution is -0.138. The number of benzene rings is 1. The van der Waals surface area contributed by atoms with Gasteiger partial charge in [-0.05, 0) is 36.8 Å². The number of hydrogen-bond acceptors (Lipinski definition) is 3. The molecule has 2 heterocycles. The summed E-state index contributed by atoms with van der Waals surface area (Å²) in [5.74, 6) is -1.62. The van der Waals surface area contributed by atoms with E-state index in [0.29, 0.717) is 27.1 Å². The van der Waals surface area contributed by atoms with Crippen molar-refractivity contribution in [1.29, 1.82) is 0 Å². The number of carboxylic acids is 1. The fourth-order valence-electron chi connectivity index (χ4n) is 2.21. The van der Waals surface area contributed by atoms with Gasteiger partial charge in [-0.25, -0.2) is 4.98 Å². The molecule has 3 rings (SSSR count). The van der Waals surface area contributed by atoms with Crippen LogP contribution in [0.4, 0.5) is 0 Å². The summed E-state index contributed by atoms with van der Waals surface area (Å²) in [6.07, 6.45) is 1.50. The van der Waals surface area contributed by atoms with E-state index in [9.17, 15) is 9.59 Å². The zero-order valence-corrected chi connectivity index (χ0v) is 11.8. The van der Waals surface area contributed by atoms with Gasteiger partial charge in [-0.1, -0.05) is 17.7 Å². The minimum Gasteiger partial charge on any atom is -0.481 e. The molecule has 1 unspecified atom stereocenters. The standard InChI is InChI=1S/C15H11ClN2O3/c1-8(15(20)21)9-2-4-12-11(6-9)14(19)18-7-10(16)3-5-13(18)17-12/h2-8H,1H3,(H,20,21). The van der Waals surface area contributed by atoms with Gasteiger partial charge in [0.1, 0.15) is 5.65 Å². The predicted octanol–water partition coefficient (Wildman–Crippen LogP) is 2.69. The molecule has 0 aliphatic rings. The van der Waals surface area contributed by atoms with Gasteiger partial charge in [0.05, 0.1) is 21.8 Å². The Labute approximate surface area is 124 Å². The monoisotopic (exact) mass is 302 g/mol. The highest BCUT2D eigenvalue weighted by atomic mass is 35.5. The fourth-order valence-corrected chi connectivity index (χ4v) is 2.37. The average Bonchev–Trinajstić information content (AvgIpc) is 2.47. The molecule has 0 spiro atoms. The number of nitrogens with zero attached hydrogens (tertiary/aromatic N) is 2. The molecular weight excluding hydrogens is 292 g/mol. The molecule has 2 aromatic heterocycles. The van der Waals surface area contributed by atoms with Crippen molar-refractivity contribution in [3.63, 3.8) is 0 Å². The molecule has 0 amide bonds. The van der Waals surface area contributed by atoms with Crippen LogP contribution in [0.3, 0.4) is 0 Å². The molecule has 0 radical (unpaired) electrons. The van der Waals surface area contributed by atoms with Crippen molar-refractivity contribution in [3.05, 3.63) is 57.5 Å². The molecular formula is C15H11ClN2O3. The van der Waals surface area contributed by atoms with Gasteiger partial charge in [0.25, 0.3) is 5.56 Å². The first kappa shape index (κ1) is 13.6. The van der Waals surface area contributed by atoms with Crippen LogP contribution < -0.4 is 5.56 Å². The van der Waals surface area contributed by atoms with E-state index >= 15 is 0 Å². The maximum absolute atomic E-state index is 12.5. The molecule has 0 aliphatic carbocycles. The number of aromatic nitrogens is 2. The van der Waals surface area contributed by atoms with E-state index in [0.717, 1.165) is 0 Å². The molecule has 0 fully saturated rings. The first-order chi connectivity index (χ1) is 9.97. The summed E-state index contributed by atoms with van der Waals surface area (Å²) in [4.78, 5) is 27.9. The minimum absolute atomic E-state index is 0.267. The summed E-state index contributed by atoms with van der Waals surface area (Å²) in [5.41, 5.74) is 1.33. The van der Waals surface area contributed by atoms with Crippen LogP contribution in [0.15, 0.2) is 41.3 Å². The number of hydrogen-bond donors (Lipinski definition) is 1. The Morgan fingerprint density at radius 3 is 2.81 bits per heavy atom. The molecule has 3 aromatic rings. The number of fused-ring (bicyclic) bond motifs is 2. The molecule has 5 nitrogen and oxygen atoms in total. The second-order valence-corrected chi connectivity index (χ2v) is 5.27. The summed E-state index contributed by atoms with van der Waals surface area (Å²) >= 11 is 5.90. The van der Waals surface area contributed by atoms with Crippen molar-refractivity contribution in [2.24, 2.45) is 0 Å². The third kappa shape index (κ3) is 2.25. The molecule has 106 valence electrons. The van der Waals surface area contributed by atoms with Crippen molar-refractivity contribution in [3.8, 4) is 0 Å². The second-order valence-electron chi connectivity index (χ2n) is 4.83. The molecule has 0 bridgehead atoms. The lowest BCUT2D eigenvalue weighted by Crippen LogP contribution is -2.16. The first-order valence-corrected chi connectivity index (χ1v) is 6.69. The van der Waals surface area contributed by atoms with Crippen molar-refractivity contribution < 1.29 is 9.90 Å². The first-order valence-electron chi connectivity index (χ1n) is 6.32. The van der Waals surface area contributed by atoms with Crippen LogP contribution in [0.5, 0.6) is 0 Å². The predicted molar refractivity (Wildman–Crippen MR) is 80.0 cm³/mol. The Kier molecular flexibility index (Phi) is 3.14. The Morgan fingerprint density at radius 2 is 2.10 bits per heavy atom. The summed E-state index contributed by atoms with van der Waals surface area (Å²) in [7, 11) is 0. The number of carboxylic acid groups (broad SMARTS) is 1. The van der Waals surface area contributed by atoms with Crippen molar-refractivity contribution in [2.75, 3.05) is 0 Å². The van der Waals surface area contributed by atoms with Crippen LogP contribution in [-0.2, 0) is 4.79 Å². The lowest BCUT2D eigenvalue weighted by Gasteiger charge is -2.08. The lowest BCUT2D eigenvalue weighted by atomic mass is 10.00. The maximum Gasteiger partial charge on any atom is 0.310 e. The van der Waals surface area contributed by atoms with Gasteiger partial charge in [0.15, 0.2) is 0 Å². The molecule has 1 aromatic carbocycles. The number of carbonyl (C=O) groups is 1. The molecule has 6 heteroatoms. The van der Waals surface area contributed by atoms with Gasteiger partial charge in [-0.15, -0.1) is 0 Å². The van der Waals surface area contributed by atoms with Crippen LogP contribution >= 0.6 is 11.6 Å². The number of pyridine rings is 1. The van der Waals surface area contributed by atoms with Gasteiger partial charge in [0.2, 0.25) is 0 Å². The Morgan fingerprint density at radius 1 is 1.33 bits per heavy atom. The molecule has 0 aliphatic heterocycles. The van der Waals surface area contributed by atoms with E-state index in [-0.39, 0.29) is 5.56 Å². The third-order valence-corrected chi connectivity index (χ3v) is 3.69. The van der Waals surface area contributed by atoms with Crippen molar-refractivity contribution in [1.82, 2.24) is 9.38 Å². The second kappa shape index (κ2) is 4.86. The van der Waals surface area contributed by atoms with E-state index in [4.69, 9.17) is 16.7 Å². The van der Waals surface area contributed by atoms with Crippen LogP contribution in [0.25, 0.3) is 16.6 Å². The van der Waals surface area contributed by atoms with E-state index in [1.54, 1.807) is 37.3 Å². The van der Waals surface area contributed by atoms with Gasteiger partial charge in [-0.3, -0.25) is 14.0 Å². The summed E-state index contributed by atoms with van der Waals surface area (Å²) in [5, 5.41) is 9.88. The highest BCUT2D eigenvalue weighted by Gasteiger charge is 2.15. The molecule has 0 saturated carbocycles. The van der Waals surface area contributed by atoms with Crippen LogP contribution in [0.2, 0.25) is 5.02 Å². The minimum atomic E-state index is -0.939. The summed E-state index contributed by atoms with van der Waals surface area (Å²) in [6, 6.07) is 8.25. The SMILES string of the molecule is CC(C(=O)O)c1ccc2nc3ccc(Cl)cn3c(=O)c2c1. The van der Waals surface area contributed by atoms with Gasteiger partial charge in [-0.2, -0.15) is 0 Å². The fraction of sp³-hybridized carbons (Fsp3) is 0.133. The van der Waals surface area contributed by atoms with Crippen LogP contribution in [0, 0.1) is 0 Å².